The van der Waals surface area contributed by atoms with Crippen LogP contribution >= 0.6 is 0 Å². The summed E-state index contributed by atoms with van der Waals surface area (Å²) in [5.41, 5.74) is 5.80. The zero-order chi connectivity index (χ0) is 13.3. The Morgan fingerprint density at radius 1 is 1.39 bits per heavy atom. The molecular formula is C10H11N5O2S. The molecule has 0 aromatic carbocycles. The van der Waals surface area contributed by atoms with E-state index in [2.05, 4.69) is 10.1 Å². The van der Waals surface area contributed by atoms with Crippen molar-refractivity contribution >= 4 is 15.7 Å². The van der Waals surface area contributed by atoms with Crippen LogP contribution in [0.3, 0.4) is 0 Å². The van der Waals surface area contributed by atoms with E-state index in [9.17, 15) is 8.42 Å². The smallest absolute Gasteiger partial charge is 0.178 e. The first-order chi connectivity index (χ1) is 8.38. The quantitative estimate of drug-likeness (QED) is 0.596. The molecule has 0 atom stereocenters. The number of aromatic nitrogens is 3. The predicted molar refractivity (Wildman–Crippen MR) is 65.5 cm³/mol. The number of nitrogens with two attached hydrogens (primary N) is 1. The van der Waals surface area contributed by atoms with Crippen molar-refractivity contribution in [3.8, 4) is 5.82 Å². The molecule has 3 N–H and O–H groups in total. The van der Waals surface area contributed by atoms with Crippen LogP contribution in [0.15, 0.2) is 35.6 Å². The lowest BCUT2D eigenvalue weighted by molar-refractivity contribution is 0.602. The van der Waals surface area contributed by atoms with Crippen LogP contribution in [0, 0.1) is 5.41 Å². The molecule has 2 aromatic rings. The molecule has 2 heterocycles. The minimum absolute atomic E-state index is 0.0775. The highest BCUT2D eigenvalue weighted by Gasteiger charge is 2.11. The fourth-order valence-corrected chi connectivity index (χ4v) is 1.83. The van der Waals surface area contributed by atoms with Gasteiger partial charge in [-0.15, -0.1) is 0 Å². The van der Waals surface area contributed by atoms with Gasteiger partial charge in [0.25, 0.3) is 0 Å². The fourth-order valence-electron chi connectivity index (χ4n) is 1.30. The largest absolute Gasteiger partial charge is 0.384 e. The second kappa shape index (κ2) is 4.22. The van der Waals surface area contributed by atoms with Gasteiger partial charge in [0.15, 0.2) is 15.7 Å². The van der Waals surface area contributed by atoms with Gasteiger partial charge >= 0.3 is 0 Å². The van der Waals surface area contributed by atoms with E-state index in [4.69, 9.17) is 11.1 Å². The molecule has 0 aliphatic heterocycles. The van der Waals surface area contributed by atoms with Crippen molar-refractivity contribution in [3.05, 3.63) is 36.3 Å². The summed E-state index contributed by atoms with van der Waals surface area (Å²) in [6.07, 6.45) is 5.18. The molecule has 0 radical (unpaired) electrons. The highest BCUT2D eigenvalue weighted by atomic mass is 32.2. The van der Waals surface area contributed by atoms with E-state index < -0.39 is 9.84 Å². The molecule has 2 rings (SSSR count). The van der Waals surface area contributed by atoms with Gasteiger partial charge in [0, 0.05) is 18.0 Å². The van der Waals surface area contributed by atoms with Crippen molar-refractivity contribution in [3.63, 3.8) is 0 Å². The summed E-state index contributed by atoms with van der Waals surface area (Å²) < 4.78 is 24.0. The van der Waals surface area contributed by atoms with Crippen LogP contribution in [0.25, 0.3) is 5.82 Å². The summed E-state index contributed by atoms with van der Waals surface area (Å²) in [4.78, 5) is 4.18. The summed E-state index contributed by atoms with van der Waals surface area (Å²) >= 11 is 0. The molecule has 0 spiro atoms. The lowest BCUT2D eigenvalue weighted by Crippen LogP contribution is -2.11. The number of hydrogen-bond acceptors (Lipinski definition) is 5. The third-order valence-corrected chi connectivity index (χ3v) is 3.35. The molecule has 18 heavy (non-hydrogen) atoms. The van der Waals surface area contributed by atoms with E-state index in [1.807, 2.05) is 0 Å². The van der Waals surface area contributed by atoms with Crippen LogP contribution in [0.2, 0.25) is 0 Å². The van der Waals surface area contributed by atoms with Crippen LogP contribution in [0.5, 0.6) is 0 Å². The number of sulfone groups is 1. The van der Waals surface area contributed by atoms with E-state index in [-0.39, 0.29) is 10.7 Å². The number of nitrogen functional groups attached to an aromatic ring is 1. The van der Waals surface area contributed by atoms with E-state index in [0.29, 0.717) is 11.4 Å². The number of hydrogen-bond donors (Lipinski definition) is 2. The normalized spacial score (nSPS) is 11.4. The third-order valence-electron chi connectivity index (χ3n) is 2.28. The Balaban J connectivity index is 2.38. The van der Waals surface area contributed by atoms with Crippen LogP contribution in [0.1, 0.15) is 5.56 Å². The molecule has 8 heteroatoms. The molecule has 0 saturated carbocycles. The van der Waals surface area contributed by atoms with E-state index in [0.717, 1.165) is 6.26 Å². The first kappa shape index (κ1) is 12.2. The summed E-state index contributed by atoms with van der Waals surface area (Å²) in [6, 6.07) is 3.22. The average Bonchev–Trinajstić information content (AvgIpc) is 2.78. The predicted octanol–water partition coefficient (Wildman–Crippen LogP) is -0.0451. The molecule has 0 bridgehead atoms. The molecular weight excluding hydrogens is 254 g/mol. The monoisotopic (exact) mass is 265 g/mol. The first-order valence-corrected chi connectivity index (χ1v) is 6.82. The van der Waals surface area contributed by atoms with Gasteiger partial charge in [0.2, 0.25) is 0 Å². The van der Waals surface area contributed by atoms with Crippen LogP contribution in [0.4, 0.5) is 0 Å². The number of nitrogens with one attached hydrogen (secondary N) is 1. The number of pyridine rings is 1. The van der Waals surface area contributed by atoms with Crippen molar-refractivity contribution in [2.45, 2.75) is 4.90 Å². The molecule has 0 amide bonds. The minimum Gasteiger partial charge on any atom is -0.384 e. The van der Waals surface area contributed by atoms with Gasteiger partial charge in [-0.3, -0.25) is 5.41 Å². The second-order valence-electron chi connectivity index (χ2n) is 3.71. The zero-order valence-corrected chi connectivity index (χ0v) is 10.3. The Hall–Kier alpha value is -2.22. The summed E-state index contributed by atoms with van der Waals surface area (Å²) in [5, 5.41) is 11.2. The SMILES string of the molecule is CS(=O)(=O)c1cnn(-c2ccc(C(=N)N)cn2)c1. The number of rotatable bonds is 3. The Bertz CT molecular complexity index is 687. The highest BCUT2D eigenvalue weighted by molar-refractivity contribution is 7.90. The molecule has 0 aliphatic rings. The van der Waals surface area contributed by atoms with Gasteiger partial charge in [-0.2, -0.15) is 5.10 Å². The van der Waals surface area contributed by atoms with Gasteiger partial charge in [-0.25, -0.2) is 18.1 Å². The maximum absolute atomic E-state index is 11.3. The molecule has 0 saturated heterocycles. The third kappa shape index (κ3) is 2.38. The second-order valence-corrected chi connectivity index (χ2v) is 5.73. The molecule has 2 aromatic heterocycles. The molecule has 0 unspecified atom stereocenters. The fraction of sp³-hybridized carbons (Fsp3) is 0.100. The lowest BCUT2D eigenvalue weighted by atomic mass is 10.2. The molecule has 0 fully saturated rings. The van der Waals surface area contributed by atoms with Crippen LogP contribution in [-0.2, 0) is 9.84 Å². The summed E-state index contributed by atoms with van der Waals surface area (Å²) in [5.74, 6) is 0.376. The lowest BCUT2D eigenvalue weighted by Gasteiger charge is -2.01. The van der Waals surface area contributed by atoms with E-state index in [1.54, 1.807) is 12.1 Å². The van der Waals surface area contributed by atoms with Crippen molar-refractivity contribution in [1.29, 1.82) is 5.41 Å². The average molecular weight is 265 g/mol. The Morgan fingerprint density at radius 2 is 2.11 bits per heavy atom. The van der Waals surface area contributed by atoms with Gasteiger partial charge in [0.1, 0.15) is 10.7 Å². The highest BCUT2D eigenvalue weighted by Crippen LogP contribution is 2.10. The van der Waals surface area contributed by atoms with Crippen molar-refractivity contribution in [2.75, 3.05) is 6.26 Å². The molecule has 7 nitrogen and oxygen atoms in total. The van der Waals surface area contributed by atoms with Crippen molar-refractivity contribution < 1.29 is 8.42 Å². The van der Waals surface area contributed by atoms with Gasteiger partial charge < -0.3 is 5.73 Å². The maximum Gasteiger partial charge on any atom is 0.178 e. The maximum atomic E-state index is 11.3. The van der Waals surface area contributed by atoms with Gasteiger partial charge in [-0.1, -0.05) is 0 Å². The first-order valence-electron chi connectivity index (χ1n) is 4.93. The number of nitrogens with zero attached hydrogens (tertiary/aromatic N) is 3. The van der Waals surface area contributed by atoms with Gasteiger partial charge in [0.05, 0.1) is 12.4 Å². The summed E-state index contributed by atoms with van der Waals surface area (Å²) in [7, 11) is -3.28. The number of amidine groups is 1. The van der Waals surface area contributed by atoms with Crippen LogP contribution in [-0.4, -0.2) is 35.3 Å². The standard InChI is InChI=1S/C10H11N5O2S/c1-18(16,17)8-5-14-15(6-8)9-3-2-7(4-13-9)10(11)12/h2-6H,1H3,(H3,11,12). The van der Waals surface area contributed by atoms with Crippen LogP contribution < -0.4 is 5.73 Å². The summed E-state index contributed by atoms with van der Waals surface area (Å²) in [6.45, 7) is 0. The Morgan fingerprint density at radius 3 is 2.56 bits per heavy atom. The van der Waals surface area contributed by atoms with E-state index >= 15 is 0 Å². The van der Waals surface area contributed by atoms with Gasteiger partial charge in [-0.05, 0) is 12.1 Å². The molecule has 0 aliphatic carbocycles. The minimum atomic E-state index is -3.28. The molecule has 94 valence electrons. The topological polar surface area (TPSA) is 115 Å². The van der Waals surface area contributed by atoms with Crippen molar-refractivity contribution in [2.24, 2.45) is 5.73 Å². The zero-order valence-electron chi connectivity index (χ0n) is 9.53. The Labute approximate surface area is 104 Å². The Kier molecular flexibility index (Phi) is 2.87. The van der Waals surface area contributed by atoms with Crippen molar-refractivity contribution in [1.82, 2.24) is 14.8 Å². The van der Waals surface area contributed by atoms with E-state index in [1.165, 1.54) is 23.3 Å².